The Kier molecular flexibility index (Phi) is 5.31. The van der Waals surface area contributed by atoms with Gasteiger partial charge in [0.2, 0.25) is 0 Å². The van der Waals surface area contributed by atoms with Crippen LogP contribution in [0.2, 0.25) is 5.15 Å². The van der Waals surface area contributed by atoms with Crippen molar-refractivity contribution in [3.8, 4) is 0 Å². The Labute approximate surface area is 110 Å². The van der Waals surface area contributed by atoms with E-state index in [1.165, 1.54) is 17.3 Å². The van der Waals surface area contributed by atoms with Crippen LogP contribution in [0, 0.1) is 0 Å². The van der Waals surface area contributed by atoms with E-state index in [4.69, 9.17) is 11.6 Å². The molecule has 0 fully saturated rings. The Balaban J connectivity index is 2.29. The minimum absolute atomic E-state index is 0.179. The summed E-state index contributed by atoms with van der Waals surface area (Å²) < 4.78 is 0. The van der Waals surface area contributed by atoms with Crippen molar-refractivity contribution in [1.82, 2.24) is 25.5 Å². The van der Waals surface area contributed by atoms with E-state index in [0.717, 1.165) is 0 Å². The second kappa shape index (κ2) is 6.75. The summed E-state index contributed by atoms with van der Waals surface area (Å²) in [6.45, 7) is 0.645. The molecule has 0 spiro atoms. The lowest BCUT2D eigenvalue weighted by molar-refractivity contribution is 0.0948. The molecule has 0 atom stereocenters. The monoisotopic (exact) mass is 271 g/mol. The molecule has 1 aromatic rings. The summed E-state index contributed by atoms with van der Waals surface area (Å²) in [5.41, 5.74) is 0.179. The summed E-state index contributed by atoms with van der Waals surface area (Å²) in [5, 5.41) is 5.43. The van der Waals surface area contributed by atoms with Gasteiger partial charge < -0.3 is 15.5 Å². The van der Waals surface area contributed by atoms with Gasteiger partial charge in [-0.2, -0.15) is 0 Å². The van der Waals surface area contributed by atoms with Gasteiger partial charge in [-0.1, -0.05) is 11.6 Å². The average molecular weight is 272 g/mol. The molecule has 7 nitrogen and oxygen atoms in total. The zero-order chi connectivity index (χ0) is 13.5. The Morgan fingerprint density at radius 3 is 2.44 bits per heavy atom. The van der Waals surface area contributed by atoms with E-state index in [2.05, 4.69) is 20.6 Å². The Morgan fingerprint density at radius 1 is 1.22 bits per heavy atom. The smallest absolute Gasteiger partial charge is 0.316 e. The van der Waals surface area contributed by atoms with E-state index in [1.54, 1.807) is 14.1 Å². The van der Waals surface area contributed by atoms with Crippen LogP contribution in [0.15, 0.2) is 12.4 Å². The van der Waals surface area contributed by atoms with E-state index < -0.39 is 0 Å². The highest BCUT2D eigenvalue weighted by Gasteiger charge is 2.07. The number of hydrogen-bond acceptors (Lipinski definition) is 4. The van der Waals surface area contributed by atoms with Gasteiger partial charge in [-0.25, -0.2) is 14.8 Å². The number of rotatable bonds is 4. The minimum Gasteiger partial charge on any atom is -0.349 e. The topological polar surface area (TPSA) is 87.2 Å². The van der Waals surface area contributed by atoms with Crippen molar-refractivity contribution in [2.24, 2.45) is 0 Å². The second-order valence-corrected chi connectivity index (χ2v) is 3.99. The van der Waals surface area contributed by atoms with E-state index in [1.807, 2.05) is 0 Å². The molecule has 98 valence electrons. The molecule has 18 heavy (non-hydrogen) atoms. The highest BCUT2D eigenvalue weighted by molar-refractivity contribution is 6.29. The zero-order valence-corrected chi connectivity index (χ0v) is 10.9. The quantitative estimate of drug-likeness (QED) is 0.762. The maximum atomic E-state index is 11.6. The third-order valence-corrected chi connectivity index (χ3v) is 2.14. The van der Waals surface area contributed by atoms with Gasteiger partial charge in [0.25, 0.3) is 5.91 Å². The van der Waals surface area contributed by atoms with Crippen LogP contribution in [0.4, 0.5) is 4.79 Å². The summed E-state index contributed by atoms with van der Waals surface area (Å²) in [6.07, 6.45) is 2.58. The highest BCUT2D eigenvalue weighted by Crippen LogP contribution is 2.00. The van der Waals surface area contributed by atoms with Gasteiger partial charge in [0.1, 0.15) is 10.8 Å². The molecular weight excluding hydrogens is 258 g/mol. The van der Waals surface area contributed by atoms with E-state index >= 15 is 0 Å². The molecular formula is C10H14ClN5O2. The third kappa shape index (κ3) is 4.54. The third-order valence-electron chi connectivity index (χ3n) is 1.95. The van der Waals surface area contributed by atoms with Crippen LogP contribution in [-0.2, 0) is 0 Å². The van der Waals surface area contributed by atoms with Crippen LogP contribution >= 0.6 is 11.6 Å². The van der Waals surface area contributed by atoms with Gasteiger partial charge in [0, 0.05) is 27.2 Å². The van der Waals surface area contributed by atoms with Crippen molar-refractivity contribution in [2.45, 2.75) is 0 Å². The number of nitrogens with zero attached hydrogens (tertiary/aromatic N) is 3. The maximum Gasteiger partial charge on any atom is 0.316 e. The van der Waals surface area contributed by atoms with Crippen LogP contribution in [0.25, 0.3) is 0 Å². The molecule has 0 aliphatic carbocycles. The van der Waals surface area contributed by atoms with Crippen LogP contribution in [0.1, 0.15) is 10.5 Å². The molecule has 0 saturated heterocycles. The predicted molar refractivity (Wildman–Crippen MR) is 66.5 cm³/mol. The molecule has 1 rings (SSSR count). The summed E-state index contributed by atoms with van der Waals surface area (Å²) in [5.74, 6) is -0.363. The van der Waals surface area contributed by atoms with Crippen molar-refractivity contribution < 1.29 is 9.59 Å². The van der Waals surface area contributed by atoms with Gasteiger partial charge in [-0.3, -0.25) is 4.79 Å². The lowest BCUT2D eigenvalue weighted by Gasteiger charge is -2.11. The molecule has 3 amide bonds. The number of carbonyl (C=O) groups excluding carboxylic acids is 2. The van der Waals surface area contributed by atoms with Crippen molar-refractivity contribution in [3.63, 3.8) is 0 Å². The van der Waals surface area contributed by atoms with Crippen molar-refractivity contribution in [2.75, 3.05) is 27.2 Å². The van der Waals surface area contributed by atoms with Gasteiger partial charge in [-0.15, -0.1) is 0 Å². The lowest BCUT2D eigenvalue weighted by Crippen LogP contribution is -2.39. The summed E-state index contributed by atoms with van der Waals surface area (Å²) in [4.78, 5) is 31.7. The molecule has 1 aromatic heterocycles. The first-order chi connectivity index (χ1) is 8.50. The number of carbonyl (C=O) groups is 2. The molecule has 0 bridgehead atoms. The molecule has 0 saturated carbocycles. The fraction of sp³-hybridized carbons (Fsp3) is 0.400. The Bertz CT molecular complexity index is 421. The van der Waals surface area contributed by atoms with Crippen molar-refractivity contribution in [3.05, 3.63) is 23.2 Å². The molecule has 0 radical (unpaired) electrons. The van der Waals surface area contributed by atoms with E-state index in [9.17, 15) is 9.59 Å². The van der Waals surface area contributed by atoms with Crippen LogP contribution < -0.4 is 10.6 Å². The first-order valence-electron chi connectivity index (χ1n) is 5.21. The molecule has 0 unspecified atom stereocenters. The molecule has 0 aliphatic heterocycles. The highest BCUT2D eigenvalue weighted by atomic mass is 35.5. The summed E-state index contributed by atoms with van der Waals surface area (Å²) in [6, 6.07) is -0.212. The number of aromatic nitrogens is 2. The van der Waals surface area contributed by atoms with Crippen molar-refractivity contribution >= 4 is 23.5 Å². The van der Waals surface area contributed by atoms with Crippen LogP contribution in [0.3, 0.4) is 0 Å². The number of nitrogens with one attached hydrogen (secondary N) is 2. The maximum absolute atomic E-state index is 11.6. The first kappa shape index (κ1) is 14.2. The van der Waals surface area contributed by atoms with Gasteiger partial charge in [0.15, 0.2) is 0 Å². The number of hydrogen-bond donors (Lipinski definition) is 2. The normalized spacial score (nSPS) is 9.72. The number of amides is 3. The van der Waals surface area contributed by atoms with E-state index in [-0.39, 0.29) is 22.8 Å². The Morgan fingerprint density at radius 2 is 1.89 bits per heavy atom. The fourth-order valence-electron chi connectivity index (χ4n) is 1.02. The summed E-state index contributed by atoms with van der Waals surface area (Å²) in [7, 11) is 3.27. The average Bonchev–Trinajstić information content (AvgIpc) is 2.34. The molecule has 1 heterocycles. The second-order valence-electron chi connectivity index (χ2n) is 3.61. The molecule has 0 aliphatic rings. The molecule has 8 heteroatoms. The van der Waals surface area contributed by atoms with E-state index in [0.29, 0.717) is 13.1 Å². The summed E-state index contributed by atoms with van der Waals surface area (Å²) >= 11 is 5.55. The van der Waals surface area contributed by atoms with Gasteiger partial charge in [-0.05, 0) is 0 Å². The fourth-order valence-corrected chi connectivity index (χ4v) is 1.12. The SMILES string of the molecule is CN(C)C(=O)NCCNC(=O)c1cnc(Cl)cn1. The van der Waals surface area contributed by atoms with Crippen molar-refractivity contribution in [1.29, 1.82) is 0 Å². The number of urea groups is 1. The van der Waals surface area contributed by atoms with Gasteiger partial charge in [0.05, 0.1) is 12.4 Å². The van der Waals surface area contributed by atoms with Crippen LogP contribution in [0.5, 0.6) is 0 Å². The standard InChI is InChI=1S/C10H14ClN5O2/c1-16(2)10(18)13-4-3-12-9(17)7-5-15-8(11)6-14-7/h5-6H,3-4H2,1-2H3,(H,12,17)(H,13,18). The largest absolute Gasteiger partial charge is 0.349 e. The van der Waals surface area contributed by atoms with Gasteiger partial charge >= 0.3 is 6.03 Å². The molecule has 0 aromatic carbocycles. The minimum atomic E-state index is -0.363. The zero-order valence-electron chi connectivity index (χ0n) is 10.1. The predicted octanol–water partition coefficient (Wildman–Crippen LogP) is 0.131. The number of halogens is 1. The Hall–Kier alpha value is -1.89. The first-order valence-corrected chi connectivity index (χ1v) is 5.59. The molecule has 2 N–H and O–H groups in total. The lowest BCUT2D eigenvalue weighted by atomic mass is 10.4. The van der Waals surface area contributed by atoms with Crippen LogP contribution in [-0.4, -0.2) is 54.0 Å².